The Bertz CT molecular complexity index is 1030. The number of anilines is 1. The van der Waals surface area contributed by atoms with Gasteiger partial charge in [0.15, 0.2) is 0 Å². The number of benzene rings is 1. The molecule has 0 spiro atoms. The van der Waals surface area contributed by atoms with Gasteiger partial charge in [-0.15, -0.1) is 0 Å². The minimum absolute atomic E-state index is 0.0204. The zero-order valence-electron chi connectivity index (χ0n) is 18.5. The average molecular weight is 425 g/mol. The number of aliphatic hydroxyl groups excluding tert-OH is 1. The molecule has 8 heteroatoms. The Morgan fingerprint density at radius 1 is 1.26 bits per heavy atom. The van der Waals surface area contributed by atoms with Gasteiger partial charge >= 0.3 is 0 Å². The second-order valence-corrected chi connectivity index (χ2v) is 9.66. The summed E-state index contributed by atoms with van der Waals surface area (Å²) >= 11 is 0. The summed E-state index contributed by atoms with van der Waals surface area (Å²) in [7, 11) is 0. The van der Waals surface area contributed by atoms with Crippen LogP contribution in [0.2, 0.25) is 0 Å². The maximum Gasteiger partial charge on any atom is 0.250 e. The summed E-state index contributed by atoms with van der Waals surface area (Å²) in [6, 6.07) is 5.77. The van der Waals surface area contributed by atoms with E-state index >= 15 is 0 Å². The van der Waals surface area contributed by atoms with Gasteiger partial charge in [0.05, 0.1) is 34.5 Å². The van der Waals surface area contributed by atoms with Crippen molar-refractivity contribution >= 4 is 17.3 Å². The van der Waals surface area contributed by atoms with Gasteiger partial charge in [-0.1, -0.05) is 13.8 Å². The van der Waals surface area contributed by atoms with E-state index in [4.69, 9.17) is 16.7 Å². The normalized spacial score (nSPS) is 24.1. The van der Waals surface area contributed by atoms with Crippen LogP contribution in [0.3, 0.4) is 0 Å². The predicted molar refractivity (Wildman–Crippen MR) is 122 cm³/mol. The number of nitrogens with one attached hydrogen (secondary N) is 1. The third-order valence-electron chi connectivity index (χ3n) is 6.46. The number of hydrogen-bond acceptors (Lipinski definition) is 6. The maximum atomic E-state index is 12.1. The van der Waals surface area contributed by atoms with Crippen LogP contribution in [0.5, 0.6) is 0 Å². The number of hydrogen-bond donors (Lipinski definition) is 4. The van der Waals surface area contributed by atoms with Crippen LogP contribution in [-0.2, 0) is 6.42 Å². The van der Waals surface area contributed by atoms with Crippen molar-refractivity contribution in [3.05, 3.63) is 40.7 Å². The zero-order chi connectivity index (χ0) is 22.3. The van der Waals surface area contributed by atoms with E-state index in [1.54, 1.807) is 6.07 Å². The van der Waals surface area contributed by atoms with Crippen LogP contribution in [0.15, 0.2) is 23.3 Å². The first kappa shape index (κ1) is 21.4. The smallest absolute Gasteiger partial charge is 0.250 e. The third-order valence-corrected chi connectivity index (χ3v) is 6.46. The van der Waals surface area contributed by atoms with Crippen LogP contribution < -0.4 is 16.9 Å². The van der Waals surface area contributed by atoms with Crippen molar-refractivity contribution in [2.24, 2.45) is 22.1 Å². The molecule has 0 bridgehead atoms. The van der Waals surface area contributed by atoms with Gasteiger partial charge in [0, 0.05) is 17.3 Å². The number of primary amides is 1. The number of nitrogens with zero attached hydrogens (tertiary/aromatic N) is 3. The average Bonchev–Trinajstić information content (AvgIpc) is 3.04. The molecule has 4 rings (SSSR count). The van der Waals surface area contributed by atoms with Gasteiger partial charge in [-0.3, -0.25) is 4.79 Å². The van der Waals surface area contributed by atoms with Crippen molar-refractivity contribution in [3.63, 3.8) is 0 Å². The summed E-state index contributed by atoms with van der Waals surface area (Å²) in [6.45, 7) is 6.38. The molecule has 0 radical (unpaired) electrons. The lowest BCUT2D eigenvalue weighted by Gasteiger charge is -2.31. The van der Waals surface area contributed by atoms with Crippen molar-refractivity contribution < 1.29 is 9.90 Å². The lowest BCUT2D eigenvalue weighted by Crippen LogP contribution is -2.30. The van der Waals surface area contributed by atoms with Crippen molar-refractivity contribution in [2.75, 3.05) is 5.32 Å². The summed E-state index contributed by atoms with van der Waals surface area (Å²) in [5, 5.41) is 22.1. The van der Waals surface area contributed by atoms with E-state index in [9.17, 15) is 9.90 Å². The molecule has 2 aromatic rings. The molecule has 0 saturated heterocycles. The molecule has 166 valence electrons. The standard InChI is InChI=1S/C23H32N6O2/c1-13-21-19(27-25)11-23(2,3)12-20(21)29(28-13)15-6-9-17(22(24)31)18(10-15)26-14-4-7-16(30)8-5-14/h6,9-10,14,16,26,30H,4-5,7-8,11-12,25H2,1-3H3,(H2,24,31)/b27-19+. The fraction of sp³-hybridized carbons (Fsp3) is 0.522. The molecule has 1 aromatic carbocycles. The molecule has 2 aliphatic carbocycles. The highest BCUT2D eigenvalue weighted by Gasteiger charge is 2.34. The first-order valence-corrected chi connectivity index (χ1v) is 10.9. The van der Waals surface area contributed by atoms with Crippen LogP contribution in [0.4, 0.5) is 5.69 Å². The van der Waals surface area contributed by atoms with Crippen molar-refractivity contribution in [3.8, 4) is 5.69 Å². The Morgan fingerprint density at radius 2 is 1.97 bits per heavy atom. The van der Waals surface area contributed by atoms with Crippen molar-refractivity contribution in [1.29, 1.82) is 0 Å². The minimum atomic E-state index is -0.470. The molecule has 1 amide bonds. The first-order valence-electron chi connectivity index (χ1n) is 10.9. The Morgan fingerprint density at radius 3 is 2.61 bits per heavy atom. The molecule has 8 nitrogen and oxygen atoms in total. The van der Waals surface area contributed by atoms with Gasteiger partial charge in [0.2, 0.25) is 0 Å². The lowest BCUT2D eigenvalue weighted by molar-refractivity contribution is 0.100. The van der Waals surface area contributed by atoms with Crippen molar-refractivity contribution in [1.82, 2.24) is 9.78 Å². The number of aryl methyl sites for hydroxylation is 1. The molecule has 1 fully saturated rings. The molecule has 1 heterocycles. The number of aliphatic hydroxyl groups is 1. The van der Waals surface area contributed by atoms with Gasteiger partial charge in [0.25, 0.3) is 5.91 Å². The van der Waals surface area contributed by atoms with E-state index < -0.39 is 5.91 Å². The molecule has 0 aliphatic heterocycles. The van der Waals surface area contributed by atoms with E-state index in [0.717, 1.165) is 66.9 Å². The summed E-state index contributed by atoms with van der Waals surface area (Å²) in [4.78, 5) is 12.1. The summed E-state index contributed by atoms with van der Waals surface area (Å²) in [6.07, 6.45) is 4.64. The number of fused-ring (bicyclic) bond motifs is 1. The number of amides is 1. The predicted octanol–water partition coefficient (Wildman–Crippen LogP) is 2.63. The Balaban J connectivity index is 1.75. The Labute approximate surface area is 182 Å². The van der Waals surface area contributed by atoms with E-state index in [1.807, 2.05) is 23.7 Å². The van der Waals surface area contributed by atoms with Crippen LogP contribution in [0, 0.1) is 12.3 Å². The summed E-state index contributed by atoms with van der Waals surface area (Å²) < 4.78 is 1.94. The fourth-order valence-electron chi connectivity index (χ4n) is 4.93. The zero-order valence-corrected chi connectivity index (χ0v) is 18.5. The van der Waals surface area contributed by atoms with Gasteiger partial charge in [-0.05, 0) is 69.1 Å². The molecule has 2 aliphatic rings. The maximum absolute atomic E-state index is 12.1. The molecule has 31 heavy (non-hydrogen) atoms. The minimum Gasteiger partial charge on any atom is -0.393 e. The fourth-order valence-corrected chi connectivity index (χ4v) is 4.93. The van der Waals surface area contributed by atoms with E-state index in [1.165, 1.54) is 0 Å². The Kier molecular flexibility index (Phi) is 5.51. The van der Waals surface area contributed by atoms with Gasteiger partial charge in [-0.25, -0.2) is 4.68 Å². The topological polar surface area (TPSA) is 132 Å². The van der Waals surface area contributed by atoms with Gasteiger partial charge < -0.3 is 22.0 Å². The summed E-state index contributed by atoms with van der Waals surface area (Å²) in [5.74, 6) is 5.25. The van der Waals surface area contributed by atoms with E-state index in [0.29, 0.717) is 11.3 Å². The first-order chi connectivity index (χ1) is 14.7. The van der Waals surface area contributed by atoms with Crippen LogP contribution >= 0.6 is 0 Å². The summed E-state index contributed by atoms with van der Waals surface area (Å²) in [5.41, 5.74) is 11.6. The molecule has 1 aromatic heterocycles. The number of nitrogens with two attached hydrogens (primary N) is 2. The lowest BCUT2D eigenvalue weighted by atomic mass is 9.75. The second kappa shape index (κ2) is 8.00. The molecular formula is C23H32N6O2. The monoisotopic (exact) mass is 424 g/mol. The largest absolute Gasteiger partial charge is 0.393 e. The molecule has 1 saturated carbocycles. The number of carbonyl (C=O) groups is 1. The van der Waals surface area contributed by atoms with Crippen LogP contribution in [0.25, 0.3) is 5.69 Å². The number of hydrazone groups is 1. The van der Waals surface area contributed by atoms with Crippen LogP contribution in [-0.4, -0.2) is 38.7 Å². The van der Waals surface area contributed by atoms with Crippen LogP contribution in [0.1, 0.15) is 73.3 Å². The Hall–Kier alpha value is -2.87. The highest BCUT2D eigenvalue weighted by Crippen LogP contribution is 2.38. The van der Waals surface area contributed by atoms with Crippen molar-refractivity contribution in [2.45, 2.75) is 71.4 Å². The van der Waals surface area contributed by atoms with E-state index in [2.05, 4.69) is 24.3 Å². The highest BCUT2D eigenvalue weighted by atomic mass is 16.3. The second-order valence-electron chi connectivity index (χ2n) is 9.66. The number of rotatable bonds is 4. The third kappa shape index (κ3) is 4.17. The highest BCUT2D eigenvalue weighted by molar-refractivity contribution is 6.04. The number of carbonyl (C=O) groups excluding carboxylic acids is 1. The number of aromatic nitrogens is 2. The van der Waals surface area contributed by atoms with E-state index in [-0.39, 0.29) is 17.6 Å². The van der Waals surface area contributed by atoms with Gasteiger partial charge in [-0.2, -0.15) is 10.2 Å². The molecule has 0 unspecified atom stereocenters. The molecule has 0 atom stereocenters. The molecular weight excluding hydrogens is 392 g/mol. The molecule has 6 N–H and O–H groups in total. The quantitative estimate of drug-likeness (QED) is 0.442. The van der Waals surface area contributed by atoms with Gasteiger partial charge in [0.1, 0.15) is 0 Å². The SMILES string of the molecule is Cc1nn(-c2ccc(C(N)=O)c(NC3CCC(O)CC3)c2)c2c1/C(=N/N)CC(C)(C)C2.